The lowest BCUT2D eigenvalue weighted by Gasteiger charge is -2.13. The molecule has 0 radical (unpaired) electrons. The van der Waals surface area contributed by atoms with Crippen LogP contribution >= 0.6 is 0 Å². The number of aryl methyl sites for hydroxylation is 5. The van der Waals surface area contributed by atoms with Crippen LogP contribution in [0, 0.1) is 34.6 Å². The molecular formula is C23H26O3. The van der Waals surface area contributed by atoms with Crippen LogP contribution in [0.4, 0.5) is 0 Å². The zero-order valence-corrected chi connectivity index (χ0v) is 16.0. The third kappa shape index (κ3) is 4.57. The van der Waals surface area contributed by atoms with Crippen LogP contribution in [0.5, 0.6) is 17.2 Å². The van der Waals surface area contributed by atoms with Gasteiger partial charge in [-0.2, -0.15) is 0 Å². The lowest BCUT2D eigenvalue weighted by molar-refractivity contribution is 0.470. The van der Waals surface area contributed by atoms with Crippen molar-refractivity contribution in [3.8, 4) is 28.4 Å². The van der Waals surface area contributed by atoms with Gasteiger partial charge in [-0.15, -0.1) is 0 Å². The van der Waals surface area contributed by atoms with Gasteiger partial charge >= 0.3 is 0 Å². The molecule has 0 atom stereocenters. The van der Waals surface area contributed by atoms with E-state index in [9.17, 15) is 10.2 Å². The molecule has 136 valence electrons. The Morgan fingerprint density at radius 1 is 0.500 bits per heavy atom. The Labute approximate surface area is 155 Å². The van der Waals surface area contributed by atoms with Crippen molar-refractivity contribution in [1.82, 2.24) is 0 Å². The maximum Gasteiger partial charge on any atom is 0.118 e. The van der Waals surface area contributed by atoms with Gasteiger partial charge in [-0.3, -0.25) is 0 Å². The third-order valence-corrected chi connectivity index (χ3v) is 4.41. The Hall–Kier alpha value is -2.94. The SMILES string of the molecule is Cc1cc(-c2cc(C)c(O)cc2C)c(C)cc1O.Cc1ccc(O)cc1. The second-order valence-electron chi connectivity index (χ2n) is 6.74. The van der Waals surface area contributed by atoms with E-state index in [2.05, 4.69) is 0 Å². The summed E-state index contributed by atoms with van der Waals surface area (Å²) < 4.78 is 0. The molecule has 0 aromatic heterocycles. The van der Waals surface area contributed by atoms with E-state index in [1.807, 2.05) is 58.9 Å². The molecule has 0 aliphatic heterocycles. The summed E-state index contributed by atoms with van der Waals surface area (Å²) in [6.07, 6.45) is 0. The second-order valence-corrected chi connectivity index (χ2v) is 6.74. The fourth-order valence-electron chi connectivity index (χ4n) is 2.73. The standard InChI is InChI=1S/C16H18O2.C7H8O/c1-9-7-15(17)11(3)5-13(9)14-6-12(4)16(18)8-10(14)2;1-6-2-4-7(8)5-3-6/h5-8,17-18H,1-4H3;2-5,8H,1H3. The molecule has 0 fully saturated rings. The van der Waals surface area contributed by atoms with Crippen molar-refractivity contribution < 1.29 is 15.3 Å². The third-order valence-electron chi connectivity index (χ3n) is 4.41. The van der Waals surface area contributed by atoms with Gasteiger partial charge in [0.05, 0.1) is 0 Å². The molecule has 0 saturated carbocycles. The minimum Gasteiger partial charge on any atom is -0.508 e. The molecule has 0 aliphatic rings. The molecule has 0 spiro atoms. The fraction of sp³-hybridized carbons (Fsp3) is 0.217. The molecule has 3 rings (SSSR count). The van der Waals surface area contributed by atoms with E-state index < -0.39 is 0 Å². The van der Waals surface area contributed by atoms with E-state index in [-0.39, 0.29) is 0 Å². The summed E-state index contributed by atoms with van der Waals surface area (Å²) in [5, 5.41) is 28.2. The van der Waals surface area contributed by atoms with Crippen LogP contribution < -0.4 is 0 Å². The van der Waals surface area contributed by atoms with Crippen molar-refractivity contribution in [3.63, 3.8) is 0 Å². The van der Waals surface area contributed by atoms with E-state index in [1.54, 1.807) is 24.3 Å². The minimum absolute atomic E-state index is 0.324. The Morgan fingerprint density at radius 3 is 1.23 bits per heavy atom. The zero-order valence-electron chi connectivity index (χ0n) is 16.0. The van der Waals surface area contributed by atoms with E-state index in [0.717, 1.165) is 33.4 Å². The average molecular weight is 350 g/mol. The predicted molar refractivity (Wildman–Crippen MR) is 107 cm³/mol. The van der Waals surface area contributed by atoms with Crippen LogP contribution in [0.25, 0.3) is 11.1 Å². The predicted octanol–water partition coefficient (Wildman–Crippen LogP) is 5.70. The van der Waals surface area contributed by atoms with E-state index >= 15 is 0 Å². The molecule has 0 amide bonds. The summed E-state index contributed by atoms with van der Waals surface area (Å²) in [5.74, 6) is 0.976. The van der Waals surface area contributed by atoms with Gasteiger partial charge in [0.25, 0.3) is 0 Å². The number of hydrogen-bond donors (Lipinski definition) is 3. The first kappa shape index (κ1) is 19.4. The molecule has 3 aromatic carbocycles. The van der Waals surface area contributed by atoms with Crippen LogP contribution in [0.2, 0.25) is 0 Å². The van der Waals surface area contributed by atoms with Crippen molar-refractivity contribution in [1.29, 1.82) is 0 Å². The number of phenols is 3. The minimum atomic E-state index is 0.324. The number of hydrogen-bond acceptors (Lipinski definition) is 3. The van der Waals surface area contributed by atoms with Gasteiger partial charge in [0.1, 0.15) is 17.2 Å². The van der Waals surface area contributed by atoms with Crippen LogP contribution in [0.3, 0.4) is 0 Å². The Bertz CT molecular complexity index is 833. The van der Waals surface area contributed by atoms with Crippen LogP contribution in [-0.2, 0) is 0 Å². The number of aromatic hydroxyl groups is 3. The van der Waals surface area contributed by atoms with Crippen molar-refractivity contribution in [2.75, 3.05) is 0 Å². The molecule has 0 heterocycles. The van der Waals surface area contributed by atoms with Crippen molar-refractivity contribution >= 4 is 0 Å². The highest BCUT2D eigenvalue weighted by Crippen LogP contribution is 2.34. The highest BCUT2D eigenvalue weighted by Gasteiger charge is 2.10. The molecular weight excluding hydrogens is 324 g/mol. The van der Waals surface area contributed by atoms with Crippen LogP contribution in [0.15, 0.2) is 48.5 Å². The van der Waals surface area contributed by atoms with Gasteiger partial charge < -0.3 is 15.3 Å². The summed E-state index contributed by atoms with van der Waals surface area (Å²) in [6, 6.07) is 14.6. The quantitative estimate of drug-likeness (QED) is 0.527. The lowest BCUT2D eigenvalue weighted by atomic mass is 9.93. The van der Waals surface area contributed by atoms with Gasteiger partial charge in [0, 0.05) is 0 Å². The van der Waals surface area contributed by atoms with Crippen molar-refractivity contribution in [2.45, 2.75) is 34.6 Å². The number of benzene rings is 3. The molecule has 3 nitrogen and oxygen atoms in total. The van der Waals surface area contributed by atoms with Gasteiger partial charge in [-0.1, -0.05) is 17.7 Å². The lowest BCUT2D eigenvalue weighted by Crippen LogP contribution is -1.90. The first-order valence-electron chi connectivity index (χ1n) is 8.55. The zero-order chi connectivity index (χ0) is 19.4. The van der Waals surface area contributed by atoms with Gasteiger partial charge in [0.2, 0.25) is 0 Å². The van der Waals surface area contributed by atoms with Gasteiger partial charge in [0.15, 0.2) is 0 Å². The first-order chi connectivity index (χ1) is 12.2. The second kappa shape index (κ2) is 7.96. The maximum absolute atomic E-state index is 9.70. The molecule has 0 unspecified atom stereocenters. The molecule has 26 heavy (non-hydrogen) atoms. The van der Waals surface area contributed by atoms with E-state index in [0.29, 0.717) is 17.2 Å². The Balaban J connectivity index is 0.000000254. The van der Waals surface area contributed by atoms with Crippen molar-refractivity contribution in [2.24, 2.45) is 0 Å². The number of rotatable bonds is 1. The maximum atomic E-state index is 9.70. The summed E-state index contributed by atoms with van der Waals surface area (Å²) in [5.41, 5.74) is 7.17. The van der Waals surface area contributed by atoms with Crippen molar-refractivity contribution in [3.05, 3.63) is 76.3 Å². The van der Waals surface area contributed by atoms with E-state index in [1.165, 1.54) is 5.56 Å². The summed E-state index contributed by atoms with van der Waals surface area (Å²) in [7, 11) is 0. The summed E-state index contributed by atoms with van der Waals surface area (Å²) >= 11 is 0. The highest BCUT2D eigenvalue weighted by atomic mass is 16.3. The van der Waals surface area contributed by atoms with Gasteiger partial charge in [-0.25, -0.2) is 0 Å². The monoisotopic (exact) mass is 350 g/mol. The molecule has 0 bridgehead atoms. The van der Waals surface area contributed by atoms with E-state index in [4.69, 9.17) is 5.11 Å². The Kier molecular flexibility index (Phi) is 5.93. The smallest absolute Gasteiger partial charge is 0.118 e. The van der Waals surface area contributed by atoms with Crippen LogP contribution in [-0.4, -0.2) is 15.3 Å². The molecule has 3 N–H and O–H groups in total. The first-order valence-corrected chi connectivity index (χ1v) is 8.55. The molecule has 0 aliphatic carbocycles. The molecule has 3 heteroatoms. The topological polar surface area (TPSA) is 60.7 Å². The molecule has 0 saturated heterocycles. The summed E-state index contributed by atoms with van der Waals surface area (Å²) in [4.78, 5) is 0. The Morgan fingerprint density at radius 2 is 0.885 bits per heavy atom. The molecule has 3 aromatic rings. The summed E-state index contributed by atoms with van der Waals surface area (Å²) in [6.45, 7) is 9.73. The highest BCUT2D eigenvalue weighted by molar-refractivity contribution is 5.73. The number of phenolic OH excluding ortho intramolecular Hbond substituents is 3. The van der Waals surface area contributed by atoms with Crippen LogP contribution in [0.1, 0.15) is 27.8 Å². The fourth-order valence-corrected chi connectivity index (χ4v) is 2.73. The largest absolute Gasteiger partial charge is 0.508 e. The van der Waals surface area contributed by atoms with Gasteiger partial charge in [-0.05, 0) is 104 Å². The normalized spacial score (nSPS) is 10.2. The average Bonchev–Trinajstić information content (AvgIpc) is 2.58.